The van der Waals surface area contributed by atoms with Gasteiger partial charge in [0.2, 0.25) is 5.91 Å². The maximum absolute atomic E-state index is 12.4. The van der Waals surface area contributed by atoms with Crippen molar-refractivity contribution in [1.82, 2.24) is 4.98 Å². The molecule has 1 aliphatic heterocycles. The number of aromatic nitrogens is 1. The van der Waals surface area contributed by atoms with Gasteiger partial charge in [-0.05, 0) is 42.8 Å². The van der Waals surface area contributed by atoms with Crippen LogP contribution in [0.25, 0.3) is 0 Å². The lowest BCUT2D eigenvalue weighted by Crippen LogP contribution is -2.29. The molecule has 0 radical (unpaired) electrons. The first kappa shape index (κ1) is 29.2. The number of thioether (sulfide) groups is 1. The highest BCUT2D eigenvalue weighted by Gasteiger charge is 2.31. The van der Waals surface area contributed by atoms with Gasteiger partial charge in [-0.25, -0.2) is 9.78 Å². The van der Waals surface area contributed by atoms with Crippen molar-refractivity contribution in [2.45, 2.75) is 43.9 Å². The summed E-state index contributed by atoms with van der Waals surface area (Å²) in [6, 6.07) is 13.8. The van der Waals surface area contributed by atoms with E-state index in [2.05, 4.69) is 46.7 Å². The van der Waals surface area contributed by atoms with Crippen LogP contribution in [0.5, 0.6) is 5.75 Å². The lowest BCUT2D eigenvalue weighted by Gasteiger charge is -2.25. The maximum atomic E-state index is 12.4. The number of rotatable bonds is 11. The molecule has 0 spiro atoms. The maximum Gasteiger partial charge on any atom is 0.325 e. The molecule has 4 rings (SSSR count). The molecule has 1 atom stereocenters. The third-order valence-electron chi connectivity index (χ3n) is 5.88. The Kier molecular flexibility index (Phi) is 9.88. The first-order chi connectivity index (χ1) is 19.2. The molecule has 3 amide bonds. The van der Waals surface area contributed by atoms with E-state index in [1.807, 2.05) is 12.1 Å². The monoisotopic (exact) mass is 582 g/mol. The van der Waals surface area contributed by atoms with E-state index in [4.69, 9.17) is 15.2 Å². The van der Waals surface area contributed by atoms with E-state index < -0.39 is 0 Å². The minimum atomic E-state index is -0.388. The molecule has 0 saturated heterocycles. The van der Waals surface area contributed by atoms with Crippen molar-refractivity contribution in [3.8, 4) is 5.75 Å². The summed E-state index contributed by atoms with van der Waals surface area (Å²) >= 11 is 2.97. The number of aliphatic imine (C=N–C) groups is 1. The molecule has 212 valence electrons. The molecule has 10 nitrogen and oxygen atoms in total. The molecule has 2 aromatic carbocycles. The molecule has 0 saturated carbocycles. The molecule has 1 unspecified atom stereocenters. The average Bonchev–Trinajstić information content (AvgIpc) is 3.57. The van der Waals surface area contributed by atoms with Gasteiger partial charge in [0.05, 0.1) is 40.7 Å². The topological polar surface area (TPSA) is 140 Å². The smallest absolute Gasteiger partial charge is 0.325 e. The highest BCUT2D eigenvalue weighted by atomic mass is 32.2. The molecule has 40 heavy (non-hydrogen) atoms. The van der Waals surface area contributed by atoms with Crippen molar-refractivity contribution in [3.63, 3.8) is 0 Å². The zero-order valence-corrected chi connectivity index (χ0v) is 24.4. The molecule has 12 heteroatoms. The molecule has 1 aromatic heterocycles. The number of thiazole rings is 1. The largest absolute Gasteiger partial charge is 0.494 e. The summed E-state index contributed by atoms with van der Waals surface area (Å²) < 4.78 is 12.6. The Morgan fingerprint density at radius 2 is 1.90 bits per heavy atom. The Morgan fingerprint density at radius 1 is 1.12 bits per heavy atom. The summed E-state index contributed by atoms with van der Waals surface area (Å²) in [5.74, 6) is 1.90. The molecule has 0 bridgehead atoms. The average molecular weight is 583 g/mol. The molecule has 1 aliphatic rings. The number of anilines is 4. The highest BCUT2D eigenvalue weighted by Crippen LogP contribution is 2.31. The van der Waals surface area contributed by atoms with Crippen LogP contribution in [0.2, 0.25) is 0 Å². The molecule has 0 aliphatic carbocycles. The molecule has 5 N–H and O–H groups in total. The third-order valence-corrected chi connectivity index (χ3v) is 7.98. The van der Waals surface area contributed by atoms with Crippen LogP contribution in [0.15, 0.2) is 63.9 Å². The summed E-state index contributed by atoms with van der Waals surface area (Å²) in [5, 5.41) is 8.84. The van der Waals surface area contributed by atoms with Crippen LogP contribution >= 0.6 is 23.1 Å². The SMILES string of the molecule is CC(C)(C)C1CN=C(CSc2cnc(NC(=O)Nc3ccc(OCCCC(=O)Nc4ccccc4N)cc3)s2)O1. The number of urea groups is 1. The number of hydrogen-bond donors (Lipinski definition) is 4. The van der Waals surface area contributed by atoms with Crippen molar-refractivity contribution < 1.29 is 19.1 Å². The van der Waals surface area contributed by atoms with Gasteiger partial charge >= 0.3 is 6.03 Å². The van der Waals surface area contributed by atoms with Gasteiger partial charge in [-0.2, -0.15) is 0 Å². The van der Waals surface area contributed by atoms with Gasteiger partial charge in [-0.15, -0.1) is 11.8 Å². The summed E-state index contributed by atoms with van der Waals surface area (Å²) in [5.41, 5.74) is 7.64. The molecular formula is C28H34N6O4S2. The van der Waals surface area contributed by atoms with Crippen LogP contribution in [0.1, 0.15) is 33.6 Å². The van der Waals surface area contributed by atoms with E-state index in [-0.39, 0.29) is 23.5 Å². The Labute approximate surface area is 242 Å². The van der Waals surface area contributed by atoms with Crippen LogP contribution in [-0.2, 0) is 9.53 Å². The van der Waals surface area contributed by atoms with Crippen LogP contribution in [-0.4, -0.2) is 47.8 Å². The fraction of sp³-hybridized carbons (Fsp3) is 0.357. The number of hydrogen-bond acceptors (Lipinski definition) is 9. The van der Waals surface area contributed by atoms with Gasteiger partial charge in [-0.3, -0.25) is 15.1 Å². The molecule has 3 aromatic rings. The Morgan fingerprint density at radius 3 is 2.62 bits per heavy atom. The number of nitrogens with zero attached hydrogens (tertiary/aromatic N) is 2. The summed E-state index contributed by atoms with van der Waals surface area (Å²) in [4.78, 5) is 33.3. The number of benzene rings is 2. The first-order valence-corrected chi connectivity index (χ1v) is 14.7. The van der Waals surface area contributed by atoms with E-state index in [1.165, 1.54) is 11.3 Å². The predicted octanol–water partition coefficient (Wildman–Crippen LogP) is 6.10. The van der Waals surface area contributed by atoms with Gasteiger partial charge < -0.3 is 25.8 Å². The van der Waals surface area contributed by atoms with Gasteiger partial charge in [0.15, 0.2) is 11.0 Å². The second-order valence-corrected chi connectivity index (χ2v) is 12.5. The van der Waals surface area contributed by atoms with Crippen LogP contribution in [0.3, 0.4) is 0 Å². The zero-order chi connectivity index (χ0) is 28.5. The standard InChI is InChI=1S/C28H34N6O4S2/c1-28(2,3)22-15-30-24(38-22)17-39-25-16-31-27(40-25)34-26(36)32-18-10-12-19(13-11-18)37-14-6-9-23(35)33-21-8-5-4-7-20(21)29/h4-5,7-8,10-13,16,22H,6,9,14-15,17,29H2,1-3H3,(H,33,35)(H2,31,32,34,36). The fourth-order valence-corrected chi connectivity index (χ4v) is 5.36. The second-order valence-electron chi connectivity index (χ2n) is 10.2. The van der Waals surface area contributed by atoms with Gasteiger partial charge in [0.1, 0.15) is 11.9 Å². The minimum Gasteiger partial charge on any atom is -0.494 e. The van der Waals surface area contributed by atoms with Crippen molar-refractivity contribution in [2.75, 3.05) is 40.6 Å². The van der Waals surface area contributed by atoms with Crippen molar-refractivity contribution in [2.24, 2.45) is 10.4 Å². The van der Waals surface area contributed by atoms with Gasteiger partial charge in [0, 0.05) is 17.5 Å². The van der Waals surface area contributed by atoms with E-state index in [9.17, 15) is 9.59 Å². The van der Waals surface area contributed by atoms with E-state index in [0.29, 0.717) is 59.7 Å². The quantitative estimate of drug-likeness (QED) is 0.122. The molecule has 2 heterocycles. The van der Waals surface area contributed by atoms with Crippen LogP contribution in [0, 0.1) is 5.41 Å². The number of amides is 3. The number of ether oxygens (including phenoxy) is 2. The first-order valence-electron chi connectivity index (χ1n) is 12.9. The summed E-state index contributed by atoms with van der Waals surface area (Å²) in [6.07, 6.45) is 2.69. The number of carbonyl (C=O) groups is 2. The summed E-state index contributed by atoms with van der Waals surface area (Å²) in [6.45, 7) is 7.51. The minimum absolute atomic E-state index is 0.0522. The normalized spacial score (nSPS) is 14.7. The van der Waals surface area contributed by atoms with Crippen molar-refractivity contribution in [3.05, 3.63) is 54.7 Å². The second kappa shape index (κ2) is 13.5. The van der Waals surface area contributed by atoms with E-state index in [1.54, 1.807) is 54.4 Å². The van der Waals surface area contributed by atoms with Gasteiger partial charge in [0.25, 0.3) is 0 Å². The Bertz CT molecular complexity index is 1340. The lowest BCUT2D eigenvalue weighted by atomic mass is 9.89. The summed E-state index contributed by atoms with van der Waals surface area (Å²) in [7, 11) is 0. The number of carbonyl (C=O) groups excluding carboxylic acids is 2. The van der Waals surface area contributed by atoms with Gasteiger partial charge in [-0.1, -0.05) is 44.2 Å². The fourth-order valence-electron chi connectivity index (χ4n) is 3.61. The van der Waals surface area contributed by atoms with E-state index in [0.717, 1.165) is 10.1 Å². The lowest BCUT2D eigenvalue weighted by molar-refractivity contribution is -0.116. The molecule has 0 fully saturated rings. The van der Waals surface area contributed by atoms with Crippen LogP contribution in [0.4, 0.5) is 27.0 Å². The highest BCUT2D eigenvalue weighted by molar-refractivity contribution is 8.01. The van der Waals surface area contributed by atoms with Crippen molar-refractivity contribution >= 4 is 63.1 Å². The Hall–Kier alpha value is -3.77. The number of para-hydroxylation sites is 2. The van der Waals surface area contributed by atoms with E-state index >= 15 is 0 Å². The molecular weight excluding hydrogens is 548 g/mol. The predicted molar refractivity (Wildman–Crippen MR) is 163 cm³/mol. The zero-order valence-electron chi connectivity index (χ0n) is 22.7. The third kappa shape index (κ3) is 8.88. The number of nitrogens with two attached hydrogens (primary N) is 1. The Balaban J connectivity index is 1.13. The van der Waals surface area contributed by atoms with Crippen LogP contribution < -0.4 is 26.4 Å². The number of nitrogen functional groups attached to an aromatic ring is 1. The number of nitrogens with one attached hydrogen (secondary N) is 3. The van der Waals surface area contributed by atoms with Crippen molar-refractivity contribution in [1.29, 1.82) is 0 Å².